The van der Waals surface area contributed by atoms with Crippen LogP contribution in [0, 0.1) is 21.4 Å². The largest absolute Gasteiger partial charge is 0.462 e. The summed E-state index contributed by atoms with van der Waals surface area (Å²) in [5.41, 5.74) is 1.00. The van der Waals surface area contributed by atoms with Crippen LogP contribution in [-0.4, -0.2) is 30.6 Å². The molecule has 1 aliphatic rings. The number of non-ortho nitro benzene ring substituents is 1. The first-order valence-electron chi connectivity index (χ1n) is 7.39. The van der Waals surface area contributed by atoms with Gasteiger partial charge in [-0.15, -0.1) is 0 Å². The van der Waals surface area contributed by atoms with Crippen LogP contribution in [0.4, 0.5) is 11.4 Å². The Morgan fingerprint density at radius 2 is 2.17 bits per heavy atom. The second-order valence-corrected chi connectivity index (χ2v) is 5.08. The van der Waals surface area contributed by atoms with Gasteiger partial charge < -0.3 is 9.64 Å². The van der Waals surface area contributed by atoms with Crippen molar-refractivity contribution in [2.24, 2.45) is 0 Å². The number of carbonyl (C=O) groups is 1. The molecular weight excluding hydrogens is 298 g/mol. The van der Waals surface area contributed by atoms with Gasteiger partial charge >= 0.3 is 5.97 Å². The fraction of sp³-hybridized carbons (Fsp3) is 0.375. The molecule has 7 heteroatoms. The molecule has 0 atom stereocenters. The molecule has 0 aromatic heterocycles. The highest BCUT2D eigenvalue weighted by Gasteiger charge is 2.19. The topological polar surface area (TPSA) is 96.5 Å². The highest BCUT2D eigenvalue weighted by molar-refractivity contribution is 5.99. The third kappa shape index (κ3) is 3.86. The fourth-order valence-electron chi connectivity index (χ4n) is 2.52. The van der Waals surface area contributed by atoms with Crippen molar-refractivity contribution in [3.8, 4) is 6.07 Å². The molecule has 1 aromatic rings. The van der Waals surface area contributed by atoms with E-state index >= 15 is 0 Å². The zero-order valence-corrected chi connectivity index (χ0v) is 12.8. The average molecular weight is 315 g/mol. The summed E-state index contributed by atoms with van der Waals surface area (Å²) < 4.78 is 4.83. The van der Waals surface area contributed by atoms with Crippen molar-refractivity contribution in [3.05, 3.63) is 39.4 Å². The number of esters is 1. The van der Waals surface area contributed by atoms with Crippen molar-refractivity contribution in [2.45, 2.75) is 19.8 Å². The molecule has 2 rings (SSSR count). The number of carbonyl (C=O) groups excluding carboxylic acids is 1. The van der Waals surface area contributed by atoms with E-state index < -0.39 is 10.9 Å². The molecule has 1 aromatic carbocycles. The average Bonchev–Trinajstić information content (AvgIpc) is 3.06. The van der Waals surface area contributed by atoms with Crippen LogP contribution >= 0.6 is 0 Å². The fourth-order valence-corrected chi connectivity index (χ4v) is 2.52. The molecule has 0 bridgehead atoms. The molecule has 1 saturated heterocycles. The lowest BCUT2D eigenvalue weighted by molar-refractivity contribution is -0.384. The quantitative estimate of drug-likeness (QED) is 0.272. The molecule has 0 saturated carbocycles. The molecule has 0 radical (unpaired) electrons. The summed E-state index contributed by atoms with van der Waals surface area (Å²) in [6.07, 6.45) is 3.45. The van der Waals surface area contributed by atoms with Gasteiger partial charge in [0.25, 0.3) is 5.69 Å². The second kappa shape index (κ2) is 7.40. The Bertz CT molecular complexity index is 685. The third-order valence-corrected chi connectivity index (χ3v) is 3.58. The number of rotatable bonds is 5. The van der Waals surface area contributed by atoms with Crippen molar-refractivity contribution in [3.63, 3.8) is 0 Å². The number of hydrogen-bond acceptors (Lipinski definition) is 6. The standard InChI is InChI=1S/C16H17N3O4/c1-2-23-16(20)13(11-17)9-12-10-14(19(21)22)5-6-15(12)18-7-3-4-8-18/h5-6,9-10H,2-4,7-8H2,1H3. The Balaban J connectivity index is 2.48. The monoisotopic (exact) mass is 315 g/mol. The Kier molecular flexibility index (Phi) is 5.31. The number of benzene rings is 1. The van der Waals surface area contributed by atoms with Crippen LogP contribution in [0.2, 0.25) is 0 Å². The van der Waals surface area contributed by atoms with Gasteiger partial charge in [0.15, 0.2) is 0 Å². The van der Waals surface area contributed by atoms with Gasteiger partial charge in [-0.3, -0.25) is 10.1 Å². The summed E-state index contributed by atoms with van der Waals surface area (Å²) in [6, 6.07) is 6.27. The number of nitro groups is 1. The van der Waals surface area contributed by atoms with E-state index in [9.17, 15) is 14.9 Å². The lowest BCUT2D eigenvalue weighted by Gasteiger charge is -2.20. The number of anilines is 1. The van der Waals surface area contributed by atoms with Crippen molar-refractivity contribution in [2.75, 3.05) is 24.6 Å². The van der Waals surface area contributed by atoms with Crippen LogP contribution in [0.25, 0.3) is 6.08 Å². The summed E-state index contributed by atoms with van der Waals surface area (Å²) in [6.45, 7) is 3.50. The maximum absolute atomic E-state index is 11.8. The van der Waals surface area contributed by atoms with E-state index in [4.69, 9.17) is 10.00 Å². The van der Waals surface area contributed by atoms with Crippen LogP contribution in [0.3, 0.4) is 0 Å². The molecule has 0 aliphatic carbocycles. The Hall–Kier alpha value is -2.88. The van der Waals surface area contributed by atoms with Gasteiger partial charge in [-0.1, -0.05) is 0 Å². The van der Waals surface area contributed by atoms with Crippen LogP contribution in [0.5, 0.6) is 0 Å². The molecular formula is C16H17N3O4. The van der Waals surface area contributed by atoms with Gasteiger partial charge in [-0.2, -0.15) is 5.26 Å². The minimum absolute atomic E-state index is 0.0830. The van der Waals surface area contributed by atoms with Gasteiger partial charge in [-0.25, -0.2) is 4.79 Å². The SMILES string of the molecule is CCOC(=O)C(C#N)=Cc1cc([N+](=O)[O-])ccc1N1CCCC1. The van der Waals surface area contributed by atoms with Gasteiger partial charge in [0.2, 0.25) is 0 Å². The summed E-state index contributed by atoms with van der Waals surface area (Å²) in [4.78, 5) is 24.4. The maximum Gasteiger partial charge on any atom is 0.348 e. The summed E-state index contributed by atoms with van der Waals surface area (Å²) in [7, 11) is 0. The molecule has 23 heavy (non-hydrogen) atoms. The third-order valence-electron chi connectivity index (χ3n) is 3.58. The number of ether oxygens (including phenoxy) is 1. The van der Waals surface area contributed by atoms with Crippen LogP contribution < -0.4 is 4.90 Å². The van der Waals surface area contributed by atoms with Gasteiger partial charge in [-0.05, 0) is 31.9 Å². The van der Waals surface area contributed by atoms with Gasteiger partial charge in [0.05, 0.1) is 11.5 Å². The number of nitro benzene ring substituents is 1. The summed E-state index contributed by atoms with van der Waals surface area (Å²) >= 11 is 0. The Morgan fingerprint density at radius 1 is 1.48 bits per heavy atom. The molecule has 0 amide bonds. The highest BCUT2D eigenvalue weighted by atomic mass is 16.6. The van der Waals surface area contributed by atoms with E-state index in [-0.39, 0.29) is 17.9 Å². The van der Waals surface area contributed by atoms with E-state index in [0.29, 0.717) is 5.56 Å². The Morgan fingerprint density at radius 3 is 2.74 bits per heavy atom. The zero-order valence-electron chi connectivity index (χ0n) is 12.8. The molecule has 7 nitrogen and oxygen atoms in total. The number of nitriles is 1. The number of nitrogens with zero attached hydrogens (tertiary/aromatic N) is 3. The smallest absolute Gasteiger partial charge is 0.348 e. The normalized spacial score (nSPS) is 14.4. The van der Waals surface area contributed by atoms with Crippen molar-refractivity contribution >= 4 is 23.4 Å². The molecule has 0 N–H and O–H groups in total. The first-order valence-corrected chi connectivity index (χ1v) is 7.39. The van der Waals surface area contributed by atoms with E-state index in [1.165, 1.54) is 18.2 Å². The molecule has 1 fully saturated rings. The molecule has 1 heterocycles. The highest BCUT2D eigenvalue weighted by Crippen LogP contribution is 2.30. The van der Waals surface area contributed by atoms with Gasteiger partial charge in [0, 0.05) is 36.5 Å². The van der Waals surface area contributed by atoms with Crippen molar-refractivity contribution in [1.82, 2.24) is 0 Å². The van der Waals surface area contributed by atoms with E-state index in [1.807, 2.05) is 0 Å². The van der Waals surface area contributed by atoms with Crippen LogP contribution in [0.1, 0.15) is 25.3 Å². The van der Waals surface area contributed by atoms with Gasteiger partial charge in [0.1, 0.15) is 11.6 Å². The minimum atomic E-state index is -0.728. The first-order chi connectivity index (χ1) is 11.1. The number of hydrogen-bond donors (Lipinski definition) is 0. The van der Waals surface area contributed by atoms with E-state index in [1.54, 1.807) is 19.1 Å². The van der Waals surface area contributed by atoms with Crippen LogP contribution in [-0.2, 0) is 9.53 Å². The lowest BCUT2D eigenvalue weighted by atomic mass is 10.1. The van der Waals surface area contributed by atoms with Crippen molar-refractivity contribution < 1.29 is 14.5 Å². The van der Waals surface area contributed by atoms with Crippen LogP contribution in [0.15, 0.2) is 23.8 Å². The predicted molar refractivity (Wildman–Crippen MR) is 84.8 cm³/mol. The van der Waals surface area contributed by atoms with Crippen molar-refractivity contribution in [1.29, 1.82) is 5.26 Å². The minimum Gasteiger partial charge on any atom is -0.462 e. The zero-order chi connectivity index (χ0) is 16.8. The Labute approximate surface area is 133 Å². The summed E-state index contributed by atoms with van der Waals surface area (Å²) in [5, 5.41) is 20.1. The maximum atomic E-state index is 11.8. The molecule has 0 unspecified atom stereocenters. The summed E-state index contributed by atoms with van der Waals surface area (Å²) in [5.74, 6) is -0.728. The first kappa shape index (κ1) is 16.5. The van der Waals surface area contributed by atoms with E-state index in [2.05, 4.69) is 4.90 Å². The predicted octanol–water partition coefficient (Wildman–Crippen LogP) is 2.67. The second-order valence-electron chi connectivity index (χ2n) is 5.08. The molecule has 120 valence electrons. The lowest BCUT2D eigenvalue weighted by Crippen LogP contribution is -2.18. The molecule has 0 spiro atoms. The van der Waals surface area contributed by atoms with E-state index in [0.717, 1.165) is 31.6 Å². The molecule has 1 aliphatic heterocycles.